The van der Waals surface area contributed by atoms with E-state index in [1.54, 1.807) is 4.90 Å². The van der Waals surface area contributed by atoms with Crippen molar-refractivity contribution in [2.45, 2.75) is 38.6 Å². The van der Waals surface area contributed by atoms with Gasteiger partial charge in [-0.2, -0.15) is 0 Å². The zero-order valence-electron chi connectivity index (χ0n) is 12.3. The zero-order valence-corrected chi connectivity index (χ0v) is 12.3. The maximum atomic E-state index is 11.9. The average molecular weight is 287 g/mol. The molecule has 0 bridgehead atoms. The molecule has 1 saturated heterocycles. The van der Waals surface area contributed by atoms with Crippen LogP contribution in [-0.2, 0) is 4.79 Å². The summed E-state index contributed by atoms with van der Waals surface area (Å²) >= 11 is 0. The van der Waals surface area contributed by atoms with Crippen LogP contribution in [0.1, 0.15) is 32.6 Å². The molecule has 21 heavy (non-hydrogen) atoms. The first-order valence-electron chi connectivity index (χ1n) is 7.61. The second-order valence-corrected chi connectivity index (χ2v) is 5.92. The summed E-state index contributed by atoms with van der Waals surface area (Å²) in [5.74, 6) is 0.781. The van der Waals surface area contributed by atoms with Crippen LogP contribution >= 0.6 is 0 Å². The summed E-state index contributed by atoms with van der Waals surface area (Å²) in [7, 11) is 0. The van der Waals surface area contributed by atoms with Gasteiger partial charge in [-0.05, 0) is 50.3 Å². The summed E-state index contributed by atoms with van der Waals surface area (Å²) in [4.78, 5) is 25.5. The molecular weight excluding hydrogens is 266 g/mol. The maximum absolute atomic E-state index is 11.9. The third-order valence-electron chi connectivity index (χ3n) is 4.18. The molecule has 5 heteroatoms. The molecule has 2 fully saturated rings. The van der Waals surface area contributed by atoms with E-state index in [0.717, 1.165) is 18.7 Å². The number of rotatable bonds is 4. The minimum Gasteiger partial charge on any atom is -0.335 e. The molecule has 5 nitrogen and oxygen atoms in total. The lowest BCUT2D eigenvalue weighted by atomic mass is 10.2. The first-order valence-corrected chi connectivity index (χ1v) is 7.61. The summed E-state index contributed by atoms with van der Waals surface area (Å²) in [5, 5.41) is 5.80. The molecular formula is C16H21N3O2. The first-order chi connectivity index (χ1) is 10.1. The molecule has 3 amide bonds. The van der Waals surface area contributed by atoms with Gasteiger partial charge in [-0.3, -0.25) is 4.79 Å². The number of amides is 3. The number of hydrogen-bond donors (Lipinski definition) is 2. The van der Waals surface area contributed by atoms with Crippen molar-refractivity contribution in [3.8, 4) is 0 Å². The Bertz CT molecular complexity index is 554. The predicted molar refractivity (Wildman–Crippen MR) is 82.4 cm³/mol. The Hall–Kier alpha value is -2.04. The number of nitrogens with zero attached hydrogens (tertiary/aromatic N) is 1. The lowest BCUT2D eigenvalue weighted by Gasteiger charge is -2.17. The van der Waals surface area contributed by atoms with E-state index in [9.17, 15) is 9.59 Å². The molecule has 1 atom stereocenters. The summed E-state index contributed by atoms with van der Waals surface area (Å²) < 4.78 is 0. The second kappa shape index (κ2) is 5.76. The van der Waals surface area contributed by atoms with Crippen LogP contribution in [0.4, 0.5) is 16.2 Å². The highest BCUT2D eigenvalue weighted by molar-refractivity contribution is 5.96. The SMILES string of the molecule is CC(NC(=O)Nc1cccc(N2CCCC2=O)c1)C1CC1. The van der Waals surface area contributed by atoms with E-state index >= 15 is 0 Å². The van der Waals surface area contributed by atoms with Gasteiger partial charge in [0.05, 0.1) is 0 Å². The van der Waals surface area contributed by atoms with E-state index in [4.69, 9.17) is 0 Å². The van der Waals surface area contributed by atoms with Crippen LogP contribution in [0.5, 0.6) is 0 Å². The largest absolute Gasteiger partial charge is 0.335 e. The molecule has 1 saturated carbocycles. The van der Waals surface area contributed by atoms with Gasteiger partial charge in [-0.1, -0.05) is 6.07 Å². The van der Waals surface area contributed by atoms with E-state index in [1.807, 2.05) is 31.2 Å². The number of anilines is 2. The van der Waals surface area contributed by atoms with Gasteiger partial charge in [0.2, 0.25) is 5.91 Å². The smallest absolute Gasteiger partial charge is 0.319 e. The number of carbonyl (C=O) groups is 2. The number of urea groups is 1. The fourth-order valence-electron chi connectivity index (χ4n) is 2.76. The third kappa shape index (κ3) is 3.35. The molecule has 2 N–H and O–H groups in total. The lowest BCUT2D eigenvalue weighted by Crippen LogP contribution is -2.37. The van der Waals surface area contributed by atoms with E-state index in [0.29, 0.717) is 18.0 Å². The van der Waals surface area contributed by atoms with Crippen molar-refractivity contribution in [1.29, 1.82) is 0 Å². The molecule has 1 heterocycles. The number of hydrogen-bond acceptors (Lipinski definition) is 2. The van der Waals surface area contributed by atoms with Crippen LogP contribution < -0.4 is 15.5 Å². The maximum Gasteiger partial charge on any atom is 0.319 e. The van der Waals surface area contributed by atoms with Crippen molar-refractivity contribution in [3.05, 3.63) is 24.3 Å². The normalized spacial score (nSPS) is 19.5. The van der Waals surface area contributed by atoms with Gasteiger partial charge in [0.1, 0.15) is 0 Å². The van der Waals surface area contributed by atoms with Crippen LogP contribution in [0.3, 0.4) is 0 Å². The average Bonchev–Trinajstić information content (AvgIpc) is 3.21. The zero-order chi connectivity index (χ0) is 14.8. The Labute approximate surface area is 124 Å². The monoisotopic (exact) mass is 287 g/mol. The molecule has 1 aliphatic carbocycles. The Morgan fingerprint density at radius 3 is 2.86 bits per heavy atom. The summed E-state index contributed by atoms with van der Waals surface area (Å²) in [6.07, 6.45) is 3.91. The van der Waals surface area contributed by atoms with Crippen LogP contribution in [0.2, 0.25) is 0 Å². The molecule has 1 aromatic rings. The number of benzene rings is 1. The Balaban J connectivity index is 1.62. The Morgan fingerprint density at radius 2 is 2.19 bits per heavy atom. The van der Waals surface area contributed by atoms with Crippen LogP contribution in [0.25, 0.3) is 0 Å². The minimum atomic E-state index is -0.181. The highest BCUT2D eigenvalue weighted by Gasteiger charge is 2.29. The van der Waals surface area contributed by atoms with Gasteiger partial charge in [0.25, 0.3) is 0 Å². The highest BCUT2D eigenvalue weighted by atomic mass is 16.2. The summed E-state index contributed by atoms with van der Waals surface area (Å²) in [6, 6.07) is 7.49. The number of nitrogens with one attached hydrogen (secondary N) is 2. The van der Waals surface area contributed by atoms with Crippen LogP contribution in [0, 0.1) is 5.92 Å². The van der Waals surface area contributed by atoms with E-state index in [-0.39, 0.29) is 18.0 Å². The fourth-order valence-corrected chi connectivity index (χ4v) is 2.76. The molecule has 1 unspecified atom stereocenters. The molecule has 0 spiro atoms. The van der Waals surface area contributed by atoms with Crippen LogP contribution in [0.15, 0.2) is 24.3 Å². The number of carbonyl (C=O) groups excluding carboxylic acids is 2. The minimum absolute atomic E-state index is 0.152. The lowest BCUT2D eigenvalue weighted by molar-refractivity contribution is -0.117. The Morgan fingerprint density at radius 1 is 1.38 bits per heavy atom. The van der Waals surface area contributed by atoms with Crippen molar-refractivity contribution in [1.82, 2.24) is 5.32 Å². The third-order valence-corrected chi connectivity index (χ3v) is 4.18. The topological polar surface area (TPSA) is 61.4 Å². The van der Waals surface area contributed by atoms with Gasteiger partial charge in [0, 0.05) is 30.4 Å². The quantitative estimate of drug-likeness (QED) is 0.894. The molecule has 0 aromatic heterocycles. The van der Waals surface area contributed by atoms with Gasteiger partial charge >= 0.3 is 6.03 Å². The van der Waals surface area contributed by atoms with Gasteiger partial charge in [-0.25, -0.2) is 4.79 Å². The van der Waals surface area contributed by atoms with Gasteiger partial charge in [-0.15, -0.1) is 0 Å². The van der Waals surface area contributed by atoms with Gasteiger partial charge in [0.15, 0.2) is 0 Å². The van der Waals surface area contributed by atoms with Crippen LogP contribution in [-0.4, -0.2) is 24.5 Å². The molecule has 3 rings (SSSR count). The molecule has 0 radical (unpaired) electrons. The fraction of sp³-hybridized carbons (Fsp3) is 0.500. The standard InChI is InChI=1S/C16H21N3O2/c1-11(12-7-8-12)17-16(21)18-13-4-2-5-14(10-13)19-9-3-6-15(19)20/h2,4-5,10-12H,3,6-9H2,1H3,(H2,17,18,21). The van der Waals surface area contributed by atoms with E-state index < -0.39 is 0 Å². The summed E-state index contributed by atoms with van der Waals surface area (Å²) in [6.45, 7) is 2.80. The van der Waals surface area contributed by atoms with E-state index in [2.05, 4.69) is 10.6 Å². The Kier molecular flexibility index (Phi) is 3.82. The first kappa shape index (κ1) is 13.9. The second-order valence-electron chi connectivity index (χ2n) is 5.92. The highest BCUT2D eigenvalue weighted by Crippen LogP contribution is 2.32. The molecule has 1 aromatic carbocycles. The van der Waals surface area contributed by atoms with E-state index in [1.165, 1.54) is 12.8 Å². The van der Waals surface area contributed by atoms with Crippen molar-refractivity contribution in [2.24, 2.45) is 5.92 Å². The van der Waals surface area contributed by atoms with Crippen molar-refractivity contribution >= 4 is 23.3 Å². The molecule has 112 valence electrons. The van der Waals surface area contributed by atoms with Crippen molar-refractivity contribution in [2.75, 3.05) is 16.8 Å². The summed E-state index contributed by atoms with van der Waals surface area (Å²) in [5.41, 5.74) is 1.57. The van der Waals surface area contributed by atoms with Gasteiger partial charge < -0.3 is 15.5 Å². The molecule has 2 aliphatic rings. The van der Waals surface area contributed by atoms with Crippen molar-refractivity contribution < 1.29 is 9.59 Å². The van der Waals surface area contributed by atoms with Crippen molar-refractivity contribution in [3.63, 3.8) is 0 Å². The molecule has 1 aliphatic heterocycles. The predicted octanol–water partition coefficient (Wildman–Crippen LogP) is 2.73.